The summed E-state index contributed by atoms with van der Waals surface area (Å²) in [6.07, 6.45) is 1.60. The molecule has 0 atom stereocenters. The van der Waals surface area contributed by atoms with Crippen molar-refractivity contribution >= 4 is 10.0 Å². The average Bonchev–Trinajstić information content (AvgIpc) is 3.03. The minimum Gasteiger partial charge on any atom is -0.325 e. The number of hydrogen-bond acceptors (Lipinski definition) is 6. The zero-order valence-corrected chi connectivity index (χ0v) is 11.8. The number of sulfonamides is 1. The second-order valence-corrected chi connectivity index (χ2v) is 6.48. The Morgan fingerprint density at radius 1 is 1.45 bits per heavy atom. The molecule has 10 heteroatoms. The molecule has 20 heavy (non-hydrogen) atoms. The molecule has 108 valence electrons. The molecule has 0 fully saturated rings. The van der Waals surface area contributed by atoms with Gasteiger partial charge in [-0.2, -0.15) is 9.40 Å². The van der Waals surface area contributed by atoms with Crippen molar-refractivity contribution < 1.29 is 8.42 Å². The summed E-state index contributed by atoms with van der Waals surface area (Å²) < 4.78 is 28.7. The van der Waals surface area contributed by atoms with Gasteiger partial charge < -0.3 is 10.3 Å². The number of hydrogen-bond donors (Lipinski definition) is 2. The maximum atomic E-state index is 12.7. The van der Waals surface area contributed by atoms with Crippen LogP contribution in [0.1, 0.15) is 17.2 Å². The minimum atomic E-state index is -3.63. The van der Waals surface area contributed by atoms with Gasteiger partial charge in [-0.3, -0.25) is 5.10 Å². The van der Waals surface area contributed by atoms with Crippen molar-refractivity contribution in [1.29, 1.82) is 0 Å². The summed E-state index contributed by atoms with van der Waals surface area (Å²) >= 11 is 0. The Morgan fingerprint density at radius 2 is 2.25 bits per heavy atom. The summed E-state index contributed by atoms with van der Waals surface area (Å²) in [5.41, 5.74) is 6.41. The molecule has 0 spiro atoms. The van der Waals surface area contributed by atoms with Crippen molar-refractivity contribution in [2.45, 2.75) is 31.5 Å². The van der Waals surface area contributed by atoms with Crippen LogP contribution in [0.5, 0.6) is 0 Å². The van der Waals surface area contributed by atoms with Crippen molar-refractivity contribution in [2.24, 2.45) is 5.73 Å². The molecule has 0 saturated carbocycles. The van der Waals surface area contributed by atoms with E-state index in [1.54, 1.807) is 13.3 Å². The number of H-pyrrole nitrogens is 1. The second-order valence-electron chi connectivity index (χ2n) is 4.61. The maximum Gasteiger partial charge on any atom is 0.247 e. The van der Waals surface area contributed by atoms with E-state index in [1.165, 1.54) is 4.31 Å². The van der Waals surface area contributed by atoms with E-state index in [2.05, 4.69) is 20.4 Å². The van der Waals surface area contributed by atoms with E-state index in [4.69, 9.17) is 5.73 Å². The van der Waals surface area contributed by atoms with E-state index in [1.807, 2.05) is 4.57 Å². The third kappa shape index (κ3) is 1.92. The molecule has 0 unspecified atom stereocenters. The molecule has 0 bridgehead atoms. The van der Waals surface area contributed by atoms with Crippen LogP contribution in [-0.2, 0) is 29.7 Å². The monoisotopic (exact) mass is 297 g/mol. The molecule has 3 rings (SSSR count). The summed E-state index contributed by atoms with van der Waals surface area (Å²) in [4.78, 5) is 0.174. The lowest BCUT2D eigenvalue weighted by Crippen LogP contribution is -2.38. The molecule has 0 saturated heterocycles. The topological polar surface area (TPSA) is 123 Å². The van der Waals surface area contributed by atoms with Gasteiger partial charge in [0, 0.05) is 19.6 Å². The molecule has 0 amide bonds. The van der Waals surface area contributed by atoms with E-state index in [0.29, 0.717) is 30.3 Å². The zero-order valence-electron chi connectivity index (χ0n) is 10.9. The molecule has 0 aliphatic carbocycles. The van der Waals surface area contributed by atoms with Crippen LogP contribution in [0.2, 0.25) is 0 Å². The Labute approximate surface area is 115 Å². The number of aromatic nitrogens is 5. The van der Waals surface area contributed by atoms with E-state index in [0.717, 1.165) is 0 Å². The fourth-order valence-corrected chi connectivity index (χ4v) is 4.05. The highest BCUT2D eigenvalue weighted by atomic mass is 32.2. The molecule has 9 nitrogen and oxygen atoms in total. The average molecular weight is 297 g/mol. The quantitative estimate of drug-likeness (QED) is 0.747. The van der Waals surface area contributed by atoms with Gasteiger partial charge in [-0.25, -0.2) is 8.42 Å². The fourth-order valence-electron chi connectivity index (χ4n) is 2.33. The van der Waals surface area contributed by atoms with Gasteiger partial charge in [-0.05, 0) is 6.92 Å². The van der Waals surface area contributed by atoms with Crippen LogP contribution in [0.15, 0.2) is 11.2 Å². The lowest BCUT2D eigenvalue weighted by Gasteiger charge is -2.26. The van der Waals surface area contributed by atoms with Gasteiger partial charge in [0.05, 0.1) is 17.9 Å². The third-order valence-electron chi connectivity index (χ3n) is 3.36. The van der Waals surface area contributed by atoms with Crippen LogP contribution >= 0.6 is 0 Å². The normalized spacial score (nSPS) is 16.3. The summed E-state index contributed by atoms with van der Waals surface area (Å²) in [7, 11) is -3.63. The number of aromatic amines is 1. The van der Waals surface area contributed by atoms with Crippen LogP contribution in [0, 0.1) is 6.92 Å². The Balaban J connectivity index is 1.99. The molecule has 2 aromatic heterocycles. The number of nitrogens with one attached hydrogen (secondary N) is 1. The van der Waals surface area contributed by atoms with E-state index in [-0.39, 0.29) is 18.0 Å². The van der Waals surface area contributed by atoms with Gasteiger partial charge in [0.25, 0.3) is 0 Å². The van der Waals surface area contributed by atoms with Gasteiger partial charge in [0.15, 0.2) is 0 Å². The number of aryl methyl sites for hydroxylation is 1. The fraction of sp³-hybridized carbons (Fsp3) is 0.500. The standard InChI is InChI=1S/C10H15N7O2S/c1-7-10(8(4-11)14-13-7)20(18,19)17-3-2-16-6-12-15-9(16)5-17/h6H,2-5,11H2,1H3,(H,13,14). The predicted molar refractivity (Wildman–Crippen MR) is 68.8 cm³/mol. The molecule has 1 aliphatic heterocycles. The third-order valence-corrected chi connectivity index (χ3v) is 5.41. The van der Waals surface area contributed by atoms with Crippen molar-refractivity contribution in [1.82, 2.24) is 29.3 Å². The number of nitrogens with zero attached hydrogens (tertiary/aromatic N) is 5. The summed E-state index contributed by atoms with van der Waals surface area (Å²) in [5.74, 6) is 0.635. The lowest BCUT2D eigenvalue weighted by atomic mass is 10.4. The SMILES string of the molecule is Cc1[nH]nc(CN)c1S(=O)(=O)N1CCn2cnnc2C1. The molecular weight excluding hydrogens is 282 g/mol. The van der Waals surface area contributed by atoms with Crippen LogP contribution in [0.25, 0.3) is 0 Å². The maximum absolute atomic E-state index is 12.7. The van der Waals surface area contributed by atoms with E-state index >= 15 is 0 Å². The van der Waals surface area contributed by atoms with Gasteiger partial charge >= 0.3 is 0 Å². The first-order valence-corrected chi connectivity index (χ1v) is 7.58. The smallest absolute Gasteiger partial charge is 0.247 e. The Kier molecular flexibility index (Phi) is 3.07. The van der Waals surface area contributed by atoms with Gasteiger partial charge in [-0.15, -0.1) is 10.2 Å². The van der Waals surface area contributed by atoms with Gasteiger partial charge in [-0.1, -0.05) is 0 Å². The number of fused-ring (bicyclic) bond motifs is 1. The van der Waals surface area contributed by atoms with Crippen LogP contribution in [0.3, 0.4) is 0 Å². The number of nitrogens with two attached hydrogens (primary N) is 1. The van der Waals surface area contributed by atoms with E-state index in [9.17, 15) is 8.42 Å². The van der Waals surface area contributed by atoms with Crippen molar-refractivity contribution in [2.75, 3.05) is 6.54 Å². The van der Waals surface area contributed by atoms with Crippen molar-refractivity contribution in [3.63, 3.8) is 0 Å². The first kappa shape index (κ1) is 13.2. The Hall–Kier alpha value is -1.78. The molecule has 1 aliphatic rings. The highest BCUT2D eigenvalue weighted by Gasteiger charge is 2.33. The second kappa shape index (κ2) is 4.65. The first-order chi connectivity index (χ1) is 9.54. The van der Waals surface area contributed by atoms with Crippen LogP contribution in [0.4, 0.5) is 0 Å². The lowest BCUT2D eigenvalue weighted by molar-refractivity contribution is 0.335. The Bertz CT molecular complexity index is 733. The highest BCUT2D eigenvalue weighted by Crippen LogP contribution is 2.24. The molecule has 3 heterocycles. The molecular formula is C10H15N7O2S. The van der Waals surface area contributed by atoms with Crippen molar-refractivity contribution in [3.05, 3.63) is 23.5 Å². The van der Waals surface area contributed by atoms with Crippen molar-refractivity contribution in [3.8, 4) is 0 Å². The number of rotatable bonds is 3. The van der Waals surface area contributed by atoms with Gasteiger partial charge in [0.1, 0.15) is 17.0 Å². The van der Waals surface area contributed by atoms with Crippen LogP contribution < -0.4 is 5.73 Å². The summed E-state index contributed by atoms with van der Waals surface area (Å²) in [6, 6.07) is 0. The molecule has 3 N–H and O–H groups in total. The summed E-state index contributed by atoms with van der Waals surface area (Å²) in [5, 5.41) is 14.3. The first-order valence-electron chi connectivity index (χ1n) is 6.14. The zero-order chi connectivity index (χ0) is 14.3. The van der Waals surface area contributed by atoms with Crippen LogP contribution in [-0.4, -0.2) is 44.2 Å². The van der Waals surface area contributed by atoms with E-state index < -0.39 is 10.0 Å². The molecule has 0 radical (unpaired) electrons. The van der Waals surface area contributed by atoms with Gasteiger partial charge in [0.2, 0.25) is 10.0 Å². The minimum absolute atomic E-state index is 0.0723. The summed E-state index contributed by atoms with van der Waals surface area (Å²) in [6.45, 7) is 2.86. The predicted octanol–water partition coefficient (Wildman–Crippen LogP) is -1.03. The molecule has 2 aromatic rings. The largest absolute Gasteiger partial charge is 0.325 e. The molecule has 0 aromatic carbocycles. The Morgan fingerprint density at radius 3 is 3.00 bits per heavy atom. The highest BCUT2D eigenvalue weighted by molar-refractivity contribution is 7.89.